The Kier molecular flexibility index (Phi) is 4.45. The van der Waals surface area contributed by atoms with Gasteiger partial charge in [-0.1, -0.05) is 0 Å². The number of nitrogens with zero attached hydrogens (tertiary/aromatic N) is 2. The number of halogens is 1. The molecule has 1 unspecified atom stereocenters. The first-order valence-corrected chi connectivity index (χ1v) is 6.21. The van der Waals surface area contributed by atoms with Gasteiger partial charge in [0.05, 0.1) is 16.0 Å². The van der Waals surface area contributed by atoms with Crippen LogP contribution in [-0.4, -0.2) is 42.3 Å². The minimum absolute atomic E-state index is 0.0987. The van der Waals surface area contributed by atoms with Gasteiger partial charge in [-0.3, -0.25) is 15.1 Å². The summed E-state index contributed by atoms with van der Waals surface area (Å²) >= 11 is 3.19. The highest BCUT2D eigenvalue weighted by atomic mass is 79.9. The van der Waals surface area contributed by atoms with E-state index in [0.29, 0.717) is 17.6 Å². The Hall–Kier alpha value is -1.25. The molecule has 1 aliphatic rings. The highest BCUT2D eigenvalue weighted by Gasteiger charge is 2.21. The molecular formula is C10H12BrN3O4. The lowest BCUT2D eigenvalue weighted by atomic mass is 10.3. The molecule has 0 aromatic carbocycles. The van der Waals surface area contributed by atoms with Crippen molar-refractivity contribution in [2.45, 2.75) is 6.10 Å². The fourth-order valence-electron chi connectivity index (χ4n) is 1.59. The van der Waals surface area contributed by atoms with Crippen LogP contribution in [0.2, 0.25) is 0 Å². The monoisotopic (exact) mass is 317 g/mol. The summed E-state index contributed by atoms with van der Waals surface area (Å²) in [6, 6.07) is 0. The van der Waals surface area contributed by atoms with Crippen LogP contribution in [0.4, 0.5) is 5.69 Å². The number of hydrogen-bond acceptors (Lipinski definition) is 6. The molecule has 1 saturated heterocycles. The topological polar surface area (TPSA) is 86.5 Å². The van der Waals surface area contributed by atoms with E-state index in [-0.39, 0.29) is 24.1 Å². The first kappa shape index (κ1) is 13.2. The fraction of sp³-hybridized carbons (Fsp3) is 0.500. The molecule has 7 nitrogen and oxygen atoms in total. The Morgan fingerprint density at radius 1 is 1.67 bits per heavy atom. The number of rotatable bonds is 4. The highest BCUT2D eigenvalue weighted by Crippen LogP contribution is 2.33. The van der Waals surface area contributed by atoms with Crippen molar-refractivity contribution >= 4 is 21.6 Å². The Morgan fingerprint density at radius 2 is 2.50 bits per heavy atom. The summed E-state index contributed by atoms with van der Waals surface area (Å²) < 4.78 is 11.4. The first-order valence-electron chi connectivity index (χ1n) is 5.41. The molecule has 1 aromatic heterocycles. The molecule has 0 saturated carbocycles. The predicted molar refractivity (Wildman–Crippen MR) is 66.7 cm³/mol. The van der Waals surface area contributed by atoms with Crippen molar-refractivity contribution < 1.29 is 14.4 Å². The van der Waals surface area contributed by atoms with E-state index in [4.69, 9.17) is 9.47 Å². The van der Waals surface area contributed by atoms with Crippen LogP contribution < -0.4 is 10.1 Å². The van der Waals surface area contributed by atoms with E-state index in [1.807, 2.05) is 0 Å². The van der Waals surface area contributed by atoms with Crippen LogP contribution in [0.25, 0.3) is 0 Å². The second-order valence-corrected chi connectivity index (χ2v) is 4.59. The van der Waals surface area contributed by atoms with E-state index in [2.05, 4.69) is 26.2 Å². The molecule has 8 heteroatoms. The standard InChI is InChI=1S/C10H12BrN3O4/c11-8-4-13-5-9(14(15)16)10(8)18-6-7-3-12-1-2-17-7/h4-5,7,12H,1-3,6H2. The van der Waals surface area contributed by atoms with E-state index in [1.54, 1.807) is 0 Å². The molecule has 1 atom stereocenters. The Bertz CT molecular complexity index is 437. The van der Waals surface area contributed by atoms with Gasteiger partial charge in [-0.2, -0.15) is 0 Å². The van der Waals surface area contributed by atoms with Crippen molar-refractivity contribution in [1.29, 1.82) is 0 Å². The molecule has 1 aliphatic heterocycles. The lowest BCUT2D eigenvalue weighted by Crippen LogP contribution is -2.41. The average Bonchev–Trinajstić information content (AvgIpc) is 2.38. The summed E-state index contributed by atoms with van der Waals surface area (Å²) in [7, 11) is 0. The lowest BCUT2D eigenvalue weighted by Gasteiger charge is -2.23. The van der Waals surface area contributed by atoms with Gasteiger partial charge in [0.2, 0.25) is 5.75 Å². The summed E-state index contributed by atoms with van der Waals surface area (Å²) in [6.45, 7) is 2.37. The fourth-order valence-corrected chi connectivity index (χ4v) is 2.02. The lowest BCUT2D eigenvalue weighted by molar-refractivity contribution is -0.386. The summed E-state index contributed by atoms with van der Waals surface area (Å²) in [6.07, 6.45) is 2.53. The van der Waals surface area contributed by atoms with Gasteiger partial charge in [0, 0.05) is 19.3 Å². The molecule has 1 N–H and O–H groups in total. The number of nitro groups is 1. The minimum atomic E-state index is -0.521. The second-order valence-electron chi connectivity index (χ2n) is 3.73. The molecule has 1 aromatic rings. The van der Waals surface area contributed by atoms with Crippen molar-refractivity contribution in [3.63, 3.8) is 0 Å². The normalized spacial score (nSPS) is 19.5. The molecule has 0 aliphatic carbocycles. The van der Waals surface area contributed by atoms with Crippen LogP contribution >= 0.6 is 15.9 Å². The Labute approximate surface area is 112 Å². The molecule has 2 rings (SSSR count). The van der Waals surface area contributed by atoms with Gasteiger partial charge in [-0.15, -0.1) is 0 Å². The smallest absolute Gasteiger partial charge is 0.330 e. The van der Waals surface area contributed by atoms with Crippen LogP contribution in [0.15, 0.2) is 16.9 Å². The van der Waals surface area contributed by atoms with Crippen LogP contribution in [0.3, 0.4) is 0 Å². The van der Waals surface area contributed by atoms with Crippen molar-refractivity contribution in [2.24, 2.45) is 0 Å². The zero-order valence-electron chi connectivity index (χ0n) is 9.47. The van der Waals surface area contributed by atoms with Crippen molar-refractivity contribution in [3.05, 3.63) is 27.0 Å². The van der Waals surface area contributed by atoms with Crippen LogP contribution in [-0.2, 0) is 4.74 Å². The van der Waals surface area contributed by atoms with Gasteiger partial charge in [-0.25, -0.2) is 0 Å². The number of morpholine rings is 1. The predicted octanol–water partition coefficient (Wildman–Crippen LogP) is 1.12. The largest absolute Gasteiger partial charge is 0.483 e. The molecule has 18 heavy (non-hydrogen) atoms. The van der Waals surface area contributed by atoms with Crippen LogP contribution in [0.1, 0.15) is 0 Å². The molecule has 1 fully saturated rings. The third-order valence-electron chi connectivity index (χ3n) is 2.45. The SMILES string of the molecule is O=[N+]([O-])c1cncc(Br)c1OCC1CNCCO1. The molecule has 0 radical (unpaired) electrons. The van der Waals surface area contributed by atoms with Gasteiger partial charge >= 0.3 is 5.69 Å². The quantitative estimate of drug-likeness (QED) is 0.661. The number of aromatic nitrogens is 1. The van der Waals surface area contributed by atoms with E-state index in [9.17, 15) is 10.1 Å². The molecule has 0 spiro atoms. The van der Waals surface area contributed by atoms with Gasteiger partial charge in [-0.05, 0) is 15.9 Å². The third-order valence-corrected chi connectivity index (χ3v) is 3.01. The van der Waals surface area contributed by atoms with Crippen molar-refractivity contribution in [1.82, 2.24) is 10.3 Å². The maximum Gasteiger partial charge on any atom is 0.330 e. The zero-order valence-corrected chi connectivity index (χ0v) is 11.1. The first-order chi connectivity index (χ1) is 8.68. The minimum Gasteiger partial charge on any atom is -0.483 e. The Balaban J connectivity index is 2.05. The third kappa shape index (κ3) is 3.15. The number of hydrogen-bond donors (Lipinski definition) is 1. The molecule has 0 bridgehead atoms. The van der Waals surface area contributed by atoms with Gasteiger partial charge in [0.25, 0.3) is 0 Å². The summed E-state index contributed by atoms with van der Waals surface area (Å²) in [5.74, 6) is 0.184. The van der Waals surface area contributed by atoms with Gasteiger partial charge < -0.3 is 14.8 Å². The molecule has 98 valence electrons. The van der Waals surface area contributed by atoms with E-state index in [1.165, 1.54) is 12.4 Å². The number of nitrogens with one attached hydrogen (secondary N) is 1. The van der Waals surface area contributed by atoms with Crippen molar-refractivity contribution in [2.75, 3.05) is 26.3 Å². The zero-order chi connectivity index (χ0) is 13.0. The summed E-state index contributed by atoms with van der Waals surface area (Å²) in [5, 5.41) is 14.0. The van der Waals surface area contributed by atoms with E-state index >= 15 is 0 Å². The van der Waals surface area contributed by atoms with Crippen molar-refractivity contribution in [3.8, 4) is 5.75 Å². The highest BCUT2D eigenvalue weighted by molar-refractivity contribution is 9.10. The molecular weight excluding hydrogens is 306 g/mol. The average molecular weight is 318 g/mol. The van der Waals surface area contributed by atoms with E-state index < -0.39 is 4.92 Å². The Morgan fingerprint density at radius 3 is 3.17 bits per heavy atom. The molecule has 2 heterocycles. The second kappa shape index (κ2) is 6.07. The van der Waals surface area contributed by atoms with Gasteiger partial charge in [0.15, 0.2) is 0 Å². The maximum atomic E-state index is 10.8. The maximum absolute atomic E-state index is 10.8. The number of ether oxygens (including phenoxy) is 2. The summed E-state index contributed by atoms with van der Waals surface area (Å²) in [4.78, 5) is 14.1. The molecule has 0 amide bonds. The van der Waals surface area contributed by atoms with Crippen LogP contribution in [0, 0.1) is 10.1 Å². The summed E-state index contributed by atoms with van der Waals surface area (Å²) in [5.41, 5.74) is -0.159. The van der Waals surface area contributed by atoms with E-state index in [0.717, 1.165) is 6.54 Å². The number of pyridine rings is 1. The van der Waals surface area contributed by atoms with Gasteiger partial charge in [0.1, 0.15) is 18.9 Å². The van der Waals surface area contributed by atoms with Crippen LogP contribution in [0.5, 0.6) is 5.75 Å².